The third-order valence-corrected chi connectivity index (χ3v) is 8.20. The molecule has 0 saturated carbocycles. The molecule has 0 aromatic carbocycles. The van der Waals surface area contributed by atoms with Gasteiger partial charge in [0.05, 0.1) is 7.57 Å². The summed E-state index contributed by atoms with van der Waals surface area (Å²) in [6.45, 7) is 2.98. The number of hydrogen-bond acceptors (Lipinski definition) is 4. The van der Waals surface area contributed by atoms with E-state index in [9.17, 15) is 8.42 Å². The largest absolute Gasteiger partial charge is 0.329 e. The van der Waals surface area contributed by atoms with E-state index < -0.39 is 10.0 Å². The molecule has 1 aromatic heterocycles. The lowest BCUT2D eigenvalue weighted by atomic mass is 9.93. The van der Waals surface area contributed by atoms with Crippen molar-refractivity contribution in [2.24, 2.45) is 11.7 Å². The first kappa shape index (κ1) is 15.9. The summed E-state index contributed by atoms with van der Waals surface area (Å²) >= 11 is 8.02. The highest BCUT2D eigenvalue weighted by atomic mass is 79.9. The molecular weight excluding hydrogens is 416 g/mol. The summed E-state index contributed by atoms with van der Waals surface area (Å²) in [7, 11) is -3.48. The van der Waals surface area contributed by atoms with Crippen LogP contribution in [0, 0.1) is 5.92 Å². The number of halogens is 2. The molecule has 2 atom stereocenters. The number of piperidine rings is 1. The number of thiophene rings is 1. The van der Waals surface area contributed by atoms with Gasteiger partial charge in [-0.2, -0.15) is 4.31 Å². The smallest absolute Gasteiger partial charge is 0.245 e. The van der Waals surface area contributed by atoms with Crippen LogP contribution in [-0.2, 0) is 10.0 Å². The molecule has 1 aliphatic heterocycles. The summed E-state index contributed by atoms with van der Waals surface area (Å²) in [4.78, 5) is 0.330. The van der Waals surface area contributed by atoms with E-state index in [0.29, 0.717) is 27.7 Å². The second-order valence-electron chi connectivity index (χ2n) is 4.73. The van der Waals surface area contributed by atoms with Gasteiger partial charge in [0, 0.05) is 19.1 Å². The Morgan fingerprint density at radius 3 is 2.74 bits per heavy atom. The summed E-state index contributed by atoms with van der Waals surface area (Å²) in [6.07, 6.45) is 1.92. The second kappa shape index (κ2) is 6.11. The zero-order valence-electron chi connectivity index (χ0n) is 10.5. The number of nitrogens with two attached hydrogens (primary N) is 1. The molecule has 4 nitrogen and oxygen atoms in total. The van der Waals surface area contributed by atoms with E-state index in [-0.39, 0.29) is 6.04 Å². The molecule has 0 aliphatic carbocycles. The van der Waals surface area contributed by atoms with Gasteiger partial charge >= 0.3 is 0 Å². The third kappa shape index (κ3) is 3.08. The number of sulfonamides is 1. The molecule has 1 aromatic rings. The predicted molar refractivity (Wildman–Crippen MR) is 84.9 cm³/mol. The molecule has 1 aliphatic rings. The van der Waals surface area contributed by atoms with E-state index in [2.05, 4.69) is 38.8 Å². The van der Waals surface area contributed by atoms with Crippen LogP contribution in [-0.4, -0.2) is 31.9 Å². The van der Waals surface area contributed by atoms with Crippen molar-refractivity contribution in [1.29, 1.82) is 0 Å². The minimum absolute atomic E-state index is 0.107. The Hall–Kier alpha value is 0.530. The fraction of sp³-hybridized carbons (Fsp3) is 0.636. The van der Waals surface area contributed by atoms with Crippen LogP contribution in [0.15, 0.2) is 18.5 Å². The zero-order valence-corrected chi connectivity index (χ0v) is 15.3. The van der Waals surface area contributed by atoms with Crippen LogP contribution in [0.5, 0.6) is 0 Å². The maximum Gasteiger partial charge on any atom is 0.245 e. The fourth-order valence-electron chi connectivity index (χ4n) is 2.49. The van der Waals surface area contributed by atoms with E-state index in [4.69, 9.17) is 5.73 Å². The predicted octanol–water partition coefficient (Wildman–Crippen LogP) is 3.02. The van der Waals surface area contributed by atoms with Gasteiger partial charge in [-0.15, -0.1) is 11.3 Å². The maximum absolute atomic E-state index is 12.8. The Morgan fingerprint density at radius 2 is 2.21 bits per heavy atom. The van der Waals surface area contributed by atoms with Gasteiger partial charge in [0.1, 0.15) is 4.90 Å². The zero-order chi connectivity index (χ0) is 14.2. The SMILES string of the molecule is CC1CCCN(S(=O)(=O)c2cc(Br)sc2Br)C1CN. The monoisotopic (exact) mass is 430 g/mol. The van der Waals surface area contributed by atoms with Crippen molar-refractivity contribution < 1.29 is 8.42 Å². The van der Waals surface area contributed by atoms with Crippen molar-refractivity contribution in [2.75, 3.05) is 13.1 Å². The van der Waals surface area contributed by atoms with Crippen molar-refractivity contribution in [3.05, 3.63) is 13.6 Å². The fourth-order valence-corrected chi connectivity index (χ4v) is 8.02. The topological polar surface area (TPSA) is 63.4 Å². The molecular formula is C11H16Br2N2O2S2. The molecule has 0 bridgehead atoms. The summed E-state index contributed by atoms with van der Waals surface area (Å²) in [5.74, 6) is 0.300. The highest BCUT2D eigenvalue weighted by Gasteiger charge is 2.37. The van der Waals surface area contributed by atoms with Gasteiger partial charge < -0.3 is 5.73 Å². The normalized spacial score (nSPS) is 25.7. The standard InChI is InChI=1S/C11H16Br2N2O2S2/c1-7-3-2-4-15(8(7)6-14)19(16,17)9-5-10(12)18-11(9)13/h5,7-8H,2-4,6,14H2,1H3. The lowest BCUT2D eigenvalue weighted by Gasteiger charge is -2.38. The van der Waals surface area contributed by atoms with Gasteiger partial charge in [-0.1, -0.05) is 6.92 Å². The van der Waals surface area contributed by atoms with Gasteiger partial charge in [-0.05, 0) is 56.7 Å². The van der Waals surface area contributed by atoms with Crippen molar-refractivity contribution in [1.82, 2.24) is 4.31 Å². The Balaban J connectivity index is 2.40. The molecule has 2 heterocycles. The maximum atomic E-state index is 12.8. The van der Waals surface area contributed by atoms with Crippen LogP contribution in [0.25, 0.3) is 0 Å². The molecule has 0 radical (unpaired) electrons. The van der Waals surface area contributed by atoms with E-state index in [1.54, 1.807) is 10.4 Å². The summed E-state index contributed by atoms with van der Waals surface area (Å²) in [5, 5.41) is 0. The van der Waals surface area contributed by atoms with Gasteiger partial charge in [0.15, 0.2) is 0 Å². The molecule has 1 saturated heterocycles. The van der Waals surface area contributed by atoms with Gasteiger partial charge in [0.25, 0.3) is 0 Å². The molecule has 2 N–H and O–H groups in total. The number of rotatable bonds is 3. The Morgan fingerprint density at radius 1 is 1.53 bits per heavy atom. The molecule has 2 unspecified atom stereocenters. The van der Waals surface area contributed by atoms with Crippen molar-refractivity contribution in [3.63, 3.8) is 0 Å². The first-order chi connectivity index (χ1) is 8.87. The molecule has 2 rings (SSSR count). The minimum Gasteiger partial charge on any atom is -0.329 e. The summed E-state index contributed by atoms with van der Waals surface area (Å²) in [6, 6.07) is 1.54. The third-order valence-electron chi connectivity index (χ3n) is 3.52. The minimum atomic E-state index is -3.48. The highest BCUT2D eigenvalue weighted by molar-refractivity contribution is 9.12. The number of nitrogens with zero attached hydrogens (tertiary/aromatic N) is 1. The van der Waals surface area contributed by atoms with Crippen LogP contribution in [0.1, 0.15) is 19.8 Å². The average molecular weight is 432 g/mol. The highest BCUT2D eigenvalue weighted by Crippen LogP contribution is 2.38. The lowest BCUT2D eigenvalue weighted by molar-refractivity contribution is 0.192. The quantitative estimate of drug-likeness (QED) is 0.799. The first-order valence-corrected chi connectivity index (χ1v) is 9.89. The summed E-state index contributed by atoms with van der Waals surface area (Å²) in [5.41, 5.74) is 5.78. The molecule has 1 fully saturated rings. The van der Waals surface area contributed by atoms with Crippen LogP contribution in [0.3, 0.4) is 0 Å². The Kier molecular flexibility index (Phi) is 5.12. The van der Waals surface area contributed by atoms with Gasteiger partial charge in [-0.25, -0.2) is 8.42 Å². The van der Waals surface area contributed by atoms with Crippen molar-refractivity contribution in [2.45, 2.75) is 30.7 Å². The number of hydrogen-bond donors (Lipinski definition) is 1. The molecule has 19 heavy (non-hydrogen) atoms. The molecule has 0 amide bonds. The van der Waals surface area contributed by atoms with Crippen LogP contribution in [0.2, 0.25) is 0 Å². The van der Waals surface area contributed by atoms with E-state index in [0.717, 1.165) is 16.6 Å². The molecule has 8 heteroatoms. The van der Waals surface area contributed by atoms with Crippen molar-refractivity contribution >= 4 is 53.2 Å². The van der Waals surface area contributed by atoms with E-state index in [1.165, 1.54) is 11.3 Å². The lowest BCUT2D eigenvalue weighted by Crippen LogP contribution is -2.51. The molecule has 108 valence electrons. The van der Waals surface area contributed by atoms with Crippen LogP contribution >= 0.6 is 43.2 Å². The Labute approximate surface area is 134 Å². The second-order valence-corrected chi connectivity index (χ2v) is 10.3. The van der Waals surface area contributed by atoms with E-state index in [1.807, 2.05) is 0 Å². The van der Waals surface area contributed by atoms with Gasteiger partial charge in [-0.3, -0.25) is 0 Å². The van der Waals surface area contributed by atoms with Crippen molar-refractivity contribution in [3.8, 4) is 0 Å². The first-order valence-electron chi connectivity index (χ1n) is 6.04. The average Bonchev–Trinajstić information content (AvgIpc) is 2.68. The van der Waals surface area contributed by atoms with Gasteiger partial charge in [0.2, 0.25) is 10.0 Å². The summed E-state index contributed by atoms with van der Waals surface area (Å²) < 4.78 is 28.5. The molecule has 0 spiro atoms. The van der Waals surface area contributed by atoms with Crippen LogP contribution in [0.4, 0.5) is 0 Å². The van der Waals surface area contributed by atoms with Crippen LogP contribution < -0.4 is 5.73 Å². The van der Waals surface area contributed by atoms with E-state index >= 15 is 0 Å². The Bertz CT molecular complexity index is 559.